The molecule has 0 aromatic heterocycles. The highest BCUT2D eigenvalue weighted by Crippen LogP contribution is 1.96. The lowest BCUT2D eigenvalue weighted by Crippen LogP contribution is -1.95. The first-order valence-corrected chi connectivity index (χ1v) is 3.22. The minimum Gasteiger partial charge on any atom is -0.505 e. The molecule has 1 N–H and O–H groups in total. The van der Waals surface area contributed by atoms with Crippen LogP contribution in [-0.4, -0.2) is 18.3 Å². The van der Waals surface area contributed by atoms with E-state index in [9.17, 15) is 0 Å². The second kappa shape index (κ2) is 6.78. The second-order valence-electron chi connectivity index (χ2n) is 1.85. The topological polar surface area (TPSA) is 57.6 Å². The van der Waals surface area contributed by atoms with Crippen molar-refractivity contribution in [2.24, 2.45) is 0 Å². The minimum atomic E-state index is -0.00318. The Labute approximate surface area is 65.4 Å². The fourth-order valence-electron chi connectivity index (χ4n) is 0.475. The lowest BCUT2D eigenvalue weighted by atomic mass is 10.4. The molecule has 0 aromatic carbocycles. The fraction of sp³-hybridized carbons (Fsp3) is 0.429. The molecule has 4 nitrogen and oxygen atoms in total. The normalized spacial score (nSPS) is 10.6. The van der Waals surface area contributed by atoms with Gasteiger partial charge in [-0.05, 0) is 0 Å². The molecule has 4 heteroatoms. The summed E-state index contributed by atoms with van der Waals surface area (Å²) in [6.07, 6.45) is 2.94. The van der Waals surface area contributed by atoms with Crippen LogP contribution in [0.2, 0.25) is 0 Å². The maximum Gasteiger partial charge on any atom is 0.387 e. The molecule has 0 saturated carbocycles. The van der Waals surface area contributed by atoms with Gasteiger partial charge in [0.1, 0.15) is 0 Å². The van der Waals surface area contributed by atoms with Crippen molar-refractivity contribution in [3.63, 3.8) is 0 Å². The molecule has 0 amide bonds. The second-order valence-corrected chi connectivity index (χ2v) is 1.85. The van der Waals surface area contributed by atoms with Gasteiger partial charge in [-0.3, -0.25) is 0 Å². The van der Waals surface area contributed by atoms with Crippen molar-refractivity contribution in [3.05, 3.63) is 29.6 Å². The Morgan fingerprint density at radius 3 is 3.00 bits per heavy atom. The van der Waals surface area contributed by atoms with E-state index in [0.29, 0.717) is 19.6 Å². The molecular formula is C7H11N2O2+. The Morgan fingerprint density at radius 2 is 2.45 bits per heavy atom. The van der Waals surface area contributed by atoms with Crippen LogP contribution in [0.5, 0.6) is 0 Å². The number of diazo groups is 1. The van der Waals surface area contributed by atoms with E-state index in [4.69, 9.17) is 15.2 Å². The molecule has 0 heterocycles. The fourth-order valence-corrected chi connectivity index (χ4v) is 0.475. The molecule has 0 spiro atoms. The molecule has 0 fully saturated rings. The highest BCUT2D eigenvalue weighted by molar-refractivity contribution is 4.95. The zero-order chi connectivity index (χ0) is 8.53. The molecule has 0 aliphatic heterocycles. The Hall–Kier alpha value is -1.34. The summed E-state index contributed by atoms with van der Waals surface area (Å²) in [5.41, 5.74) is 0. The standard InChI is InChI=1S/C7H10N2O2/c1-2-4-11-5-3-7(10)6-9-8/h2,6H,1,3-5H2/p+1/b7-6-. The predicted octanol–water partition coefficient (Wildman–Crippen LogP) is 1.83. The largest absolute Gasteiger partial charge is 0.505 e. The van der Waals surface area contributed by atoms with Crippen LogP contribution in [0.25, 0.3) is 4.98 Å². The van der Waals surface area contributed by atoms with E-state index in [-0.39, 0.29) is 5.76 Å². The van der Waals surface area contributed by atoms with E-state index in [0.717, 1.165) is 6.20 Å². The highest BCUT2D eigenvalue weighted by atomic mass is 16.5. The molecular weight excluding hydrogens is 144 g/mol. The van der Waals surface area contributed by atoms with E-state index in [1.807, 2.05) is 0 Å². The summed E-state index contributed by atoms with van der Waals surface area (Å²) < 4.78 is 4.96. The zero-order valence-corrected chi connectivity index (χ0v) is 6.23. The van der Waals surface area contributed by atoms with Gasteiger partial charge in [0.2, 0.25) is 5.39 Å². The Kier molecular flexibility index (Phi) is 5.95. The molecule has 0 aliphatic carbocycles. The smallest absolute Gasteiger partial charge is 0.387 e. The Bertz CT molecular complexity index is 181. The number of aliphatic hydroxyl groups excluding tert-OH is 1. The van der Waals surface area contributed by atoms with Crippen LogP contribution in [-0.2, 0) is 4.74 Å². The summed E-state index contributed by atoms with van der Waals surface area (Å²) in [5, 5.41) is 16.8. The first-order valence-electron chi connectivity index (χ1n) is 3.22. The van der Waals surface area contributed by atoms with Crippen LogP contribution >= 0.6 is 0 Å². The average molecular weight is 155 g/mol. The summed E-state index contributed by atoms with van der Waals surface area (Å²) >= 11 is 0. The van der Waals surface area contributed by atoms with Crippen LogP contribution in [0.1, 0.15) is 6.42 Å². The SMILES string of the molecule is C=CCOCC/C(O)=C/[N+]#N. The van der Waals surface area contributed by atoms with Crippen LogP contribution in [0.15, 0.2) is 24.6 Å². The van der Waals surface area contributed by atoms with Gasteiger partial charge in [-0.25, -0.2) is 0 Å². The maximum absolute atomic E-state index is 8.85. The van der Waals surface area contributed by atoms with Gasteiger partial charge in [-0.15, -0.1) is 6.58 Å². The highest BCUT2D eigenvalue weighted by Gasteiger charge is 1.97. The first-order chi connectivity index (χ1) is 5.31. The van der Waals surface area contributed by atoms with Crippen molar-refractivity contribution in [2.75, 3.05) is 13.2 Å². The van der Waals surface area contributed by atoms with Gasteiger partial charge in [-0.2, -0.15) is 0 Å². The molecule has 0 bridgehead atoms. The third-order valence-corrected chi connectivity index (χ3v) is 0.945. The van der Waals surface area contributed by atoms with E-state index in [1.165, 1.54) is 0 Å². The number of aliphatic hydroxyl groups is 1. The monoisotopic (exact) mass is 155 g/mol. The minimum absolute atomic E-state index is 0.00318. The summed E-state index contributed by atoms with van der Waals surface area (Å²) in [6, 6.07) is 0. The molecule has 0 saturated heterocycles. The molecule has 0 aliphatic rings. The quantitative estimate of drug-likeness (QED) is 0.285. The third kappa shape index (κ3) is 6.55. The number of hydrogen-bond acceptors (Lipinski definition) is 3. The maximum atomic E-state index is 8.85. The molecule has 11 heavy (non-hydrogen) atoms. The van der Waals surface area contributed by atoms with Crippen molar-refractivity contribution in [3.8, 4) is 0 Å². The van der Waals surface area contributed by atoms with Crippen molar-refractivity contribution in [1.29, 1.82) is 5.39 Å². The van der Waals surface area contributed by atoms with E-state index >= 15 is 0 Å². The summed E-state index contributed by atoms with van der Waals surface area (Å²) in [7, 11) is 0. The molecule has 0 rings (SSSR count). The van der Waals surface area contributed by atoms with E-state index < -0.39 is 0 Å². The van der Waals surface area contributed by atoms with Gasteiger partial charge >= 0.3 is 6.20 Å². The van der Waals surface area contributed by atoms with Crippen LogP contribution in [0, 0.1) is 5.39 Å². The molecule has 0 radical (unpaired) electrons. The van der Waals surface area contributed by atoms with E-state index in [1.54, 1.807) is 6.08 Å². The molecule has 60 valence electrons. The average Bonchev–Trinajstić information content (AvgIpc) is 1.99. The van der Waals surface area contributed by atoms with Crippen LogP contribution < -0.4 is 0 Å². The van der Waals surface area contributed by atoms with Gasteiger partial charge in [0.05, 0.1) is 13.2 Å². The summed E-state index contributed by atoms with van der Waals surface area (Å²) in [4.78, 5) is 2.65. The van der Waals surface area contributed by atoms with Gasteiger partial charge in [0.15, 0.2) is 10.7 Å². The first kappa shape index (κ1) is 9.66. The van der Waals surface area contributed by atoms with Crippen LogP contribution in [0.4, 0.5) is 0 Å². The van der Waals surface area contributed by atoms with Crippen molar-refractivity contribution in [2.45, 2.75) is 6.42 Å². The zero-order valence-electron chi connectivity index (χ0n) is 6.23. The van der Waals surface area contributed by atoms with Gasteiger partial charge in [-0.1, -0.05) is 6.08 Å². The van der Waals surface area contributed by atoms with Crippen molar-refractivity contribution in [1.82, 2.24) is 0 Å². The van der Waals surface area contributed by atoms with Gasteiger partial charge in [0, 0.05) is 6.42 Å². The number of rotatable bonds is 5. The number of ether oxygens (including phenoxy) is 1. The lowest BCUT2D eigenvalue weighted by Gasteiger charge is -1.96. The van der Waals surface area contributed by atoms with Crippen molar-refractivity contribution >= 4 is 0 Å². The Balaban J connectivity index is 3.32. The lowest BCUT2D eigenvalue weighted by molar-refractivity contribution is 0.156. The Morgan fingerprint density at radius 1 is 1.73 bits per heavy atom. The van der Waals surface area contributed by atoms with Crippen molar-refractivity contribution < 1.29 is 9.84 Å². The molecule has 0 atom stereocenters. The summed E-state index contributed by atoms with van der Waals surface area (Å²) in [5.74, 6) is -0.00318. The molecule has 0 unspecified atom stereocenters. The number of nitrogens with zero attached hydrogens (tertiary/aromatic N) is 2. The van der Waals surface area contributed by atoms with Gasteiger partial charge < -0.3 is 9.84 Å². The molecule has 0 aromatic rings. The van der Waals surface area contributed by atoms with E-state index in [2.05, 4.69) is 11.6 Å². The number of hydrogen-bond donors (Lipinski definition) is 1. The summed E-state index contributed by atoms with van der Waals surface area (Å²) in [6.45, 7) is 4.31. The predicted molar refractivity (Wildman–Crippen MR) is 41.4 cm³/mol. The van der Waals surface area contributed by atoms with Gasteiger partial charge in [0.25, 0.3) is 0 Å². The van der Waals surface area contributed by atoms with Crippen LogP contribution in [0.3, 0.4) is 0 Å². The third-order valence-electron chi connectivity index (χ3n) is 0.945.